The highest BCUT2D eigenvalue weighted by atomic mass is 32.2. The molecule has 6 nitrogen and oxygen atoms in total. The van der Waals surface area contributed by atoms with Crippen LogP contribution in [0.2, 0.25) is 0 Å². The summed E-state index contributed by atoms with van der Waals surface area (Å²) in [4.78, 5) is 20.8. The highest BCUT2D eigenvalue weighted by molar-refractivity contribution is 7.98. The lowest BCUT2D eigenvalue weighted by Crippen LogP contribution is -2.13. The Morgan fingerprint density at radius 3 is 2.53 bits per heavy atom. The first-order chi connectivity index (χ1) is 16.4. The van der Waals surface area contributed by atoms with Crippen LogP contribution in [0.4, 0.5) is 0 Å². The summed E-state index contributed by atoms with van der Waals surface area (Å²) < 4.78 is 7.53. The quantitative estimate of drug-likeness (QED) is 0.269. The molecule has 0 unspecified atom stereocenters. The molecule has 34 heavy (non-hydrogen) atoms. The Kier molecular flexibility index (Phi) is 7.24. The van der Waals surface area contributed by atoms with E-state index >= 15 is 0 Å². The molecule has 176 valence electrons. The molecule has 4 rings (SSSR count). The van der Waals surface area contributed by atoms with Crippen LogP contribution < -0.4 is 0 Å². The van der Waals surface area contributed by atoms with Crippen LogP contribution in [-0.4, -0.2) is 46.2 Å². The summed E-state index contributed by atoms with van der Waals surface area (Å²) in [5.41, 5.74) is 4.26. The number of nitrogens with zero attached hydrogens (tertiary/aromatic N) is 3. The van der Waals surface area contributed by atoms with Gasteiger partial charge in [0.05, 0.1) is 23.4 Å². The third-order valence-corrected chi connectivity index (χ3v) is 6.72. The monoisotopic (exact) mass is 475 g/mol. The number of carbonyl (C=O) groups excluding carboxylic acids is 1. The number of phenols is 1. The van der Waals surface area contributed by atoms with E-state index in [1.807, 2.05) is 73.1 Å². The van der Waals surface area contributed by atoms with Gasteiger partial charge in [-0.15, -0.1) is 11.8 Å². The molecule has 4 aromatic rings. The second kappa shape index (κ2) is 10.3. The number of benzene rings is 2. The molecule has 7 heteroatoms. The number of rotatable bonds is 8. The molecular weight excluding hydrogens is 446 g/mol. The van der Waals surface area contributed by atoms with Crippen molar-refractivity contribution in [3.05, 3.63) is 77.6 Å². The fourth-order valence-electron chi connectivity index (χ4n) is 4.16. The molecule has 2 heterocycles. The molecule has 0 aliphatic rings. The van der Waals surface area contributed by atoms with Gasteiger partial charge in [0.25, 0.3) is 0 Å². The number of ether oxygens (including phenoxy) is 1. The third kappa shape index (κ3) is 4.67. The maximum Gasteiger partial charge on any atom is 0.340 e. The average molecular weight is 476 g/mol. The average Bonchev–Trinajstić information content (AvgIpc) is 3.12. The van der Waals surface area contributed by atoms with Gasteiger partial charge in [0.1, 0.15) is 5.75 Å². The molecule has 1 N–H and O–H groups in total. The molecule has 0 amide bonds. The van der Waals surface area contributed by atoms with E-state index in [1.165, 1.54) is 0 Å². The number of hydrogen-bond acceptors (Lipinski definition) is 6. The summed E-state index contributed by atoms with van der Waals surface area (Å²) in [5.74, 6) is 0.352. The van der Waals surface area contributed by atoms with Gasteiger partial charge in [0.2, 0.25) is 0 Å². The van der Waals surface area contributed by atoms with Gasteiger partial charge in [-0.25, -0.2) is 4.79 Å². The minimum atomic E-state index is -0.373. The van der Waals surface area contributed by atoms with E-state index in [0.717, 1.165) is 21.5 Å². The van der Waals surface area contributed by atoms with Crippen LogP contribution in [0.25, 0.3) is 22.2 Å². The summed E-state index contributed by atoms with van der Waals surface area (Å²) in [5, 5.41) is 12.1. The molecule has 2 aromatic carbocycles. The smallest absolute Gasteiger partial charge is 0.340 e. The van der Waals surface area contributed by atoms with Gasteiger partial charge >= 0.3 is 5.97 Å². The molecule has 0 bridgehead atoms. The Morgan fingerprint density at radius 2 is 1.88 bits per heavy atom. The topological polar surface area (TPSA) is 67.6 Å². The molecular formula is C27H29N3O3S. The fraction of sp³-hybridized carbons (Fsp3) is 0.259. The fourth-order valence-corrected chi connectivity index (χ4v) is 5.15. The summed E-state index contributed by atoms with van der Waals surface area (Å²) in [6.07, 6.45) is 1.71. The molecule has 0 saturated heterocycles. The van der Waals surface area contributed by atoms with E-state index in [1.54, 1.807) is 24.9 Å². The van der Waals surface area contributed by atoms with Crippen LogP contribution in [0.5, 0.6) is 5.75 Å². The first-order valence-electron chi connectivity index (χ1n) is 11.2. The lowest BCUT2D eigenvalue weighted by atomic mass is 9.98. The van der Waals surface area contributed by atoms with Crippen molar-refractivity contribution in [1.82, 2.24) is 14.5 Å². The van der Waals surface area contributed by atoms with Gasteiger partial charge in [0, 0.05) is 52.6 Å². The molecule has 0 fully saturated rings. The normalized spacial score (nSPS) is 11.3. The molecule has 0 radical (unpaired) electrons. The van der Waals surface area contributed by atoms with Crippen LogP contribution in [0, 0.1) is 0 Å². The number of aromatic hydroxyl groups is 1. The van der Waals surface area contributed by atoms with Gasteiger partial charge in [-0.3, -0.25) is 4.98 Å². The molecule has 2 aromatic heterocycles. The first-order valence-corrected chi connectivity index (χ1v) is 12.2. The zero-order chi connectivity index (χ0) is 24.2. The maximum absolute atomic E-state index is 13.3. The van der Waals surface area contributed by atoms with Crippen LogP contribution in [0.15, 0.2) is 65.7 Å². The molecule has 0 aliphatic carbocycles. The Balaban J connectivity index is 1.98. The Morgan fingerprint density at radius 1 is 1.15 bits per heavy atom. The number of carbonyl (C=O) groups is 1. The summed E-state index contributed by atoms with van der Waals surface area (Å²) in [6.45, 7) is 2.55. The van der Waals surface area contributed by atoms with Crippen molar-refractivity contribution in [3.63, 3.8) is 0 Å². The largest absolute Gasteiger partial charge is 0.507 e. The number of aryl methyl sites for hydroxylation is 1. The van der Waals surface area contributed by atoms with Crippen molar-refractivity contribution in [2.24, 2.45) is 7.05 Å². The Hall–Kier alpha value is -3.29. The second-order valence-corrected chi connectivity index (χ2v) is 9.35. The number of aromatic nitrogens is 2. The van der Waals surface area contributed by atoms with Gasteiger partial charge in [-0.1, -0.05) is 24.3 Å². The van der Waals surface area contributed by atoms with E-state index in [4.69, 9.17) is 4.74 Å². The van der Waals surface area contributed by atoms with E-state index in [0.29, 0.717) is 34.7 Å². The van der Waals surface area contributed by atoms with Gasteiger partial charge in [-0.05, 0) is 51.4 Å². The van der Waals surface area contributed by atoms with E-state index in [2.05, 4.69) is 17.1 Å². The van der Waals surface area contributed by atoms with E-state index in [-0.39, 0.29) is 18.3 Å². The molecule has 0 spiro atoms. The van der Waals surface area contributed by atoms with Crippen LogP contribution in [0.3, 0.4) is 0 Å². The van der Waals surface area contributed by atoms with Crippen molar-refractivity contribution < 1.29 is 14.6 Å². The van der Waals surface area contributed by atoms with Gasteiger partial charge < -0.3 is 19.3 Å². The van der Waals surface area contributed by atoms with E-state index < -0.39 is 0 Å². The number of pyridine rings is 1. The van der Waals surface area contributed by atoms with Crippen molar-refractivity contribution in [1.29, 1.82) is 0 Å². The Labute approximate surface area is 204 Å². The first kappa shape index (κ1) is 23.9. The standard InChI is InChI=1S/C27H29N3O3S/c1-5-33-27(32)25-23(17-34-18-11-7-6-8-12-18)30(4)22-15-19(21-13-9-10-14-28-21)26(31)20(24(22)25)16-29(2)3/h6-15,31H,5,16-17H2,1-4H3. The predicted molar refractivity (Wildman–Crippen MR) is 137 cm³/mol. The lowest BCUT2D eigenvalue weighted by Gasteiger charge is -2.16. The van der Waals surface area contributed by atoms with Gasteiger partial charge in [0.15, 0.2) is 0 Å². The number of thioether (sulfide) groups is 1. The highest BCUT2D eigenvalue weighted by Crippen LogP contribution is 2.42. The number of hydrogen-bond donors (Lipinski definition) is 1. The van der Waals surface area contributed by atoms with Gasteiger partial charge in [-0.2, -0.15) is 0 Å². The van der Waals surface area contributed by atoms with Crippen LogP contribution in [-0.2, 0) is 24.1 Å². The number of esters is 1. The van der Waals surface area contributed by atoms with Crippen molar-refractivity contribution >= 4 is 28.6 Å². The minimum absolute atomic E-state index is 0.137. The molecule has 0 saturated carbocycles. The minimum Gasteiger partial charge on any atom is -0.507 e. The number of fused-ring (bicyclic) bond motifs is 1. The second-order valence-electron chi connectivity index (χ2n) is 8.30. The van der Waals surface area contributed by atoms with Crippen LogP contribution >= 0.6 is 11.8 Å². The van der Waals surface area contributed by atoms with Crippen molar-refractivity contribution in [3.8, 4) is 17.0 Å². The molecule has 0 aliphatic heterocycles. The van der Waals surface area contributed by atoms with Crippen molar-refractivity contribution in [2.75, 3.05) is 20.7 Å². The molecule has 0 atom stereocenters. The third-order valence-electron chi connectivity index (χ3n) is 5.70. The van der Waals surface area contributed by atoms with E-state index in [9.17, 15) is 9.90 Å². The van der Waals surface area contributed by atoms with Crippen molar-refractivity contribution in [2.45, 2.75) is 24.1 Å². The van der Waals surface area contributed by atoms with Crippen LogP contribution in [0.1, 0.15) is 28.5 Å². The summed E-state index contributed by atoms with van der Waals surface area (Å²) in [6, 6.07) is 17.6. The number of phenolic OH excluding ortho intramolecular Hbond substituents is 1. The Bertz CT molecular complexity index is 1300. The highest BCUT2D eigenvalue weighted by Gasteiger charge is 2.28. The summed E-state index contributed by atoms with van der Waals surface area (Å²) in [7, 11) is 5.85. The zero-order valence-corrected chi connectivity index (χ0v) is 20.7. The predicted octanol–water partition coefficient (Wildman–Crippen LogP) is 5.48. The SMILES string of the molecule is CCOC(=O)c1c(CSc2ccccc2)n(C)c2cc(-c3ccccn3)c(O)c(CN(C)C)c12. The zero-order valence-electron chi connectivity index (χ0n) is 19.9. The summed E-state index contributed by atoms with van der Waals surface area (Å²) >= 11 is 1.66. The lowest BCUT2D eigenvalue weighted by molar-refractivity contribution is 0.0527. The maximum atomic E-state index is 13.3.